The van der Waals surface area contributed by atoms with Gasteiger partial charge in [0.05, 0.1) is 24.3 Å². The molecule has 1 heterocycles. The molecule has 0 aliphatic carbocycles. The Bertz CT molecular complexity index is 557. The summed E-state index contributed by atoms with van der Waals surface area (Å²) in [6.07, 6.45) is 3.03. The van der Waals surface area contributed by atoms with Gasteiger partial charge in [-0.25, -0.2) is 0 Å². The molecule has 0 radical (unpaired) electrons. The smallest absolute Gasteiger partial charge is 0.0991 e. The first-order valence-electron chi connectivity index (χ1n) is 6.58. The fraction of sp³-hybridized carbons (Fsp3) is 0.333. The summed E-state index contributed by atoms with van der Waals surface area (Å²) in [5, 5.41) is 26.0. The second kappa shape index (κ2) is 6.85. The van der Waals surface area contributed by atoms with E-state index < -0.39 is 6.10 Å². The van der Waals surface area contributed by atoms with Gasteiger partial charge in [0.25, 0.3) is 0 Å². The zero-order valence-electron chi connectivity index (χ0n) is 11.4. The molecule has 2 aromatic rings. The molecule has 20 heavy (non-hydrogen) atoms. The lowest BCUT2D eigenvalue weighted by molar-refractivity contribution is 0.143. The van der Waals surface area contributed by atoms with Crippen LogP contribution in [0.5, 0.6) is 0 Å². The fourth-order valence-corrected chi connectivity index (χ4v) is 1.97. The van der Waals surface area contributed by atoms with Gasteiger partial charge in [-0.15, -0.1) is 0 Å². The number of nitriles is 1. The maximum atomic E-state index is 9.93. The highest BCUT2D eigenvalue weighted by atomic mass is 16.3. The van der Waals surface area contributed by atoms with E-state index >= 15 is 0 Å². The predicted molar refractivity (Wildman–Crippen MR) is 75.8 cm³/mol. The summed E-state index contributed by atoms with van der Waals surface area (Å²) in [6.45, 7) is 2.99. The number of benzene rings is 1. The molecule has 0 aliphatic rings. The van der Waals surface area contributed by atoms with Crippen molar-refractivity contribution in [1.82, 2.24) is 15.1 Å². The minimum atomic E-state index is -0.490. The van der Waals surface area contributed by atoms with E-state index in [0.29, 0.717) is 18.7 Å². The van der Waals surface area contributed by atoms with Crippen molar-refractivity contribution in [2.45, 2.75) is 25.6 Å². The van der Waals surface area contributed by atoms with Crippen LogP contribution in [0.1, 0.15) is 24.1 Å². The maximum absolute atomic E-state index is 9.93. The standard InChI is InChI=1S/C15H18N4O/c1-12(14-5-3-13(9-16)4-6-14)17-10-15(20)11-19-8-2-7-18-19/h2-8,12,15,17,20H,10-11H2,1H3. The average molecular weight is 270 g/mol. The number of aromatic nitrogens is 2. The van der Waals surface area contributed by atoms with Crippen molar-refractivity contribution in [2.75, 3.05) is 6.54 Å². The molecule has 0 saturated heterocycles. The molecular weight excluding hydrogens is 252 g/mol. The molecule has 2 unspecified atom stereocenters. The van der Waals surface area contributed by atoms with Gasteiger partial charge >= 0.3 is 0 Å². The molecule has 2 rings (SSSR count). The molecule has 5 heteroatoms. The van der Waals surface area contributed by atoms with Gasteiger partial charge in [-0.3, -0.25) is 4.68 Å². The molecule has 2 atom stereocenters. The Balaban J connectivity index is 1.82. The molecular formula is C15H18N4O. The van der Waals surface area contributed by atoms with E-state index in [1.165, 1.54) is 0 Å². The van der Waals surface area contributed by atoms with Gasteiger partial charge in [-0.05, 0) is 30.7 Å². The summed E-state index contributed by atoms with van der Waals surface area (Å²) >= 11 is 0. The maximum Gasteiger partial charge on any atom is 0.0991 e. The molecule has 1 aromatic carbocycles. The largest absolute Gasteiger partial charge is 0.390 e. The molecule has 0 bridgehead atoms. The molecule has 0 spiro atoms. The van der Waals surface area contributed by atoms with Crippen LogP contribution in [0.25, 0.3) is 0 Å². The van der Waals surface area contributed by atoms with Crippen molar-refractivity contribution in [3.63, 3.8) is 0 Å². The van der Waals surface area contributed by atoms with E-state index in [2.05, 4.69) is 16.5 Å². The van der Waals surface area contributed by atoms with Crippen molar-refractivity contribution in [2.24, 2.45) is 0 Å². The second-order valence-corrected chi connectivity index (χ2v) is 4.75. The first kappa shape index (κ1) is 14.3. The summed E-state index contributed by atoms with van der Waals surface area (Å²) in [6, 6.07) is 11.5. The molecule has 0 aliphatic heterocycles. The molecule has 2 N–H and O–H groups in total. The highest BCUT2D eigenvalue weighted by molar-refractivity contribution is 5.32. The van der Waals surface area contributed by atoms with Crippen molar-refractivity contribution in [1.29, 1.82) is 5.26 Å². The van der Waals surface area contributed by atoms with Crippen LogP contribution in [0.15, 0.2) is 42.7 Å². The van der Waals surface area contributed by atoms with Crippen molar-refractivity contribution < 1.29 is 5.11 Å². The van der Waals surface area contributed by atoms with E-state index in [0.717, 1.165) is 5.56 Å². The van der Waals surface area contributed by atoms with Gasteiger partial charge in [0.2, 0.25) is 0 Å². The first-order valence-corrected chi connectivity index (χ1v) is 6.58. The highest BCUT2D eigenvalue weighted by Crippen LogP contribution is 2.12. The van der Waals surface area contributed by atoms with E-state index in [-0.39, 0.29) is 6.04 Å². The van der Waals surface area contributed by atoms with Crippen LogP contribution >= 0.6 is 0 Å². The van der Waals surface area contributed by atoms with Gasteiger partial charge in [0.15, 0.2) is 0 Å². The number of nitrogens with zero attached hydrogens (tertiary/aromatic N) is 3. The Hall–Kier alpha value is -2.16. The molecule has 0 fully saturated rings. The summed E-state index contributed by atoms with van der Waals surface area (Å²) in [4.78, 5) is 0. The van der Waals surface area contributed by atoms with Crippen LogP contribution in [-0.2, 0) is 6.54 Å². The molecule has 0 amide bonds. The van der Waals surface area contributed by atoms with Crippen molar-refractivity contribution >= 4 is 0 Å². The van der Waals surface area contributed by atoms with Gasteiger partial charge in [0, 0.05) is 25.0 Å². The molecule has 1 aromatic heterocycles. The fourth-order valence-electron chi connectivity index (χ4n) is 1.97. The van der Waals surface area contributed by atoms with Gasteiger partial charge in [0.1, 0.15) is 0 Å². The number of aliphatic hydroxyl groups excluding tert-OH is 1. The first-order chi connectivity index (χ1) is 9.69. The molecule has 0 saturated carbocycles. The van der Waals surface area contributed by atoms with E-state index in [1.807, 2.05) is 31.3 Å². The Morgan fingerprint density at radius 1 is 1.40 bits per heavy atom. The van der Waals surface area contributed by atoms with E-state index in [1.54, 1.807) is 23.0 Å². The Kier molecular flexibility index (Phi) is 4.88. The van der Waals surface area contributed by atoms with E-state index in [4.69, 9.17) is 5.26 Å². The van der Waals surface area contributed by atoms with Crippen LogP contribution in [0, 0.1) is 11.3 Å². The third kappa shape index (κ3) is 3.92. The summed E-state index contributed by atoms with van der Waals surface area (Å²) in [5.41, 5.74) is 1.75. The predicted octanol–water partition coefficient (Wildman–Crippen LogP) is 1.47. The lowest BCUT2D eigenvalue weighted by Crippen LogP contribution is -2.32. The molecule has 104 valence electrons. The number of rotatable bonds is 6. The summed E-state index contributed by atoms with van der Waals surface area (Å²) < 4.78 is 1.71. The highest BCUT2D eigenvalue weighted by Gasteiger charge is 2.09. The van der Waals surface area contributed by atoms with Gasteiger partial charge in [-0.1, -0.05) is 12.1 Å². The Morgan fingerprint density at radius 3 is 2.75 bits per heavy atom. The van der Waals surface area contributed by atoms with Gasteiger partial charge < -0.3 is 10.4 Å². The third-order valence-corrected chi connectivity index (χ3v) is 3.16. The lowest BCUT2D eigenvalue weighted by atomic mass is 10.1. The van der Waals surface area contributed by atoms with Crippen LogP contribution in [0.3, 0.4) is 0 Å². The molecule has 5 nitrogen and oxygen atoms in total. The zero-order chi connectivity index (χ0) is 14.4. The minimum absolute atomic E-state index is 0.120. The van der Waals surface area contributed by atoms with E-state index in [9.17, 15) is 5.11 Å². The minimum Gasteiger partial charge on any atom is -0.390 e. The summed E-state index contributed by atoms with van der Waals surface area (Å²) in [5.74, 6) is 0. The number of hydrogen-bond donors (Lipinski definition) is 2. The van der Waals surface area contributed by atoms with Crippen molar-refractivity contribution in [3.05, 3.63) is 53.9 Å². The summed E-state index contributed by atoms with van der Waals surface area (Å²) in [7, 11) is 0. The SMILES string of the molecule is CC(NCC(O)Cn1cccn1)c1ccc(C#N)cc1. The van der Waals surface area contributed by atoms with Crippen LogP contribution in [-0.4, -0.2) is 27.5 Å². The zero-order valence-corrected chi connectivity index (χ0v) is 11.4. The quantitative estimate of drug-likeness (QED) is 0.833. The number of hydrogen-bond acceptors (Lipinski definition) is 4. The van der Waals surface area contributed by atoms with Crippen LogP contribution < -0.4 is 5.32 Å². The van der Waals surface area contributed by atoms with Crippen LogP contribution in [0.2, 0.25) is 0 Å². The Labute approximate surface area is 118 Å². The second-order valence-electron chi connectivity index (χ2n) is 4.75. The lowest BCUT2D eigenvalue weighted by Gasteiger charge is -2.17. The van der Waals surface area contributed by atoms with Gasteiger partial charge in [-0.2, -0.15) is 10.4 Å². The third-order valence-electron chi connectivity index (χ3n) is 3.16. The number of aliphatic hydroxyl groups is 1. The Morgan fingerprint density at radius 2 is 2.15 bits per heavy atom. The monoisotopic (exact) mass is 270 g/mol. The van der Waals surface area contributed by atoms with Crippen LogP contribution in [0.4, 0.5) is 0 Å². The van der Waals surface area contributed by atoms with Crippen molar-refractivity contribution in [3.8, 4) is 6.07 Å². The normalized spacial score (nSPS) is 13.7. The average Bonchev–Trinajstić information content (AvgIpc) is 2.97. The number of nitrogens with one attached hydrogen (secondary N) is 1. The topological polar surface area (TPSA) is 73.9 Å².